The van der Waals surface area contributed by atoms with Crippen LogP contribution in [-0.4, -0.2) is 72.0 Å². The number of aliphatic carboxylic acids is 3. The van der Waals surface area contributed by atoms with Gasteiger partial charge < -0.3 is 30.0 Å². The molecule has 0 aliphatic rings. The van der Waals surface area contributed by atoms with Gasteiger partial charge in [-0.15, -0.1) is 0 Å². The Balaban J connectivity index is -0.000000187. The van der Waals surface area contributed by atoms with Crippen molar-refractivity contribution in [3.63, 3.8) is 0 Å². The molecule has 0 aromatic rings. The molecule has 0 aliphatic carbocycles. The molecule has 15 heavy (non-hydrogen) atoms. The van der Waals surface area contributed by atoms with E-state index in [0.29, 0.717) is 12.2 Å². The molecule has 7 nitrogen and oxygen atoms in total. The van der Waals surface area contributed by atoms with E-state index in [-0.39, 0.29) is 37.7 Å². The Morgan fingerprint density at radius 1 is 1.13 bits per heavy atom. The first-order chi connectivity index (χ1) is 6.27. The number of aliphatic hydroxyl groups excluding tert-OH is 1. The Kier molecular flexibility index (Phi) is 15.2. The molecular weight excluding hydrogens is 236 g/mol. The smallest absolute Gasteiger partial charge is 0.545 e. The molecule has 0 fully saturated rings. The van der Waals surface area contributed by atoms with E-state index >= 15 is 0 Å². The predicted octanol–water partition coefficient (Wildman–Crippen LogP) is -3.89. The predicted molar refractivity (Wildman–Crippen MR) is 44.2 cm³/mol. The van der Waals surface area contributed by atoms with Crippen LogP contribution < -0.4 is 10.2 Å². The van der Waals surface area contributed by atoms with Crippen LogP contribution in [0.2, 0.25) is 0 Å². The van der Waals surface area contributed by atoms with E-state index in [9.17, 15) is 24.6 Å². The summed E-state index contributed by atoms with van der Waals surface area (Å²) < 4.78 is 0. The monoisotopic (exact) mass is 244 g/mol. The zero-order valence-electron chi connectivity index (χ0n) is 7.87. The normalized spacial score (nSPS) is 10.5. The van der Waals surface area contributed by atoms with Gasteiger partial charge in [0.1, 0.15) is 6.10 Å². The summed E-state index contributed by atoms with van der Waals surface area (Å²) in [6, 6.07) is 0. The summed E-state index contributed by atoms with van der Waals surface area (Å²) in [5.41, 5.74) is 0. The van der Waals surface area contributed by atoms with Crippen LogP contribution in [0, 0.1) is 0 Å². The van der Waals surface area contributed by atoms with Gasteiger partial charge in [-0.25, -0.2) is 4.79 Å². The molecule has 2 N–H and O–H groups in total. The minimum atomic E-state index is -1.55. The van der Waals surface area contributed by atoms with Gasteiger partial charge in [0.25, 0.3) is 0 Å². The van der Waals surface area contributed by atoms with E-state index in [2.05, 4.69) is 0 Å². The minimum Gasteiger partial charge on any atom is -0.545 e. The summed E-state index contributed by atoms with van der Waals surface area (Å²) in [6.45, 7) is 1.20. The Bertz CT molecular complexity index is 230. The summed E-state index contributed by atoms with van der Waals surface area (Å²) in [7, 11) is 0. The molecule has 0 amide bonds. The van der Waals surface area contributed by atoms with Gasteiger partial charge in [0.15, 0.2) is 0 Å². The molecule has 1 unspecified atom stereocenters. The van der Waals surface area contributed by atoms with Gasteiger partial charge in [0.05, 0.1) is 11.9 Å². The molecule has 8 heteroatoms. The number of carbonyl (C=O) groups is 3. The first-order valence-corrected chi connectivity index (χ1v) is 3.28. The van der Waals surface area contributed by atoms with Crippen molar-refractivity contribution in [3.05, 3.63) is 12.2 Å². The van der Waals surface area contributed by atoms with Crippen molar-refractivity contribution in [1.29, 1.82) is 0 Å². The van der Waals surface area contributed by atoms with Crippen LogP contribution in [-0.2, 0) is 14.4 Å². The SMILES string of the molecule is CC(O)C(=O)O.O=C([O-])C=CC(=O)[O-].[Ca+2]. The Labute approximate surface area is 115 Å². The molecule has 0 saturated heterocycles. The average Bonchev–Trinajstić information content (AvgIpc) is 2.01. The quantitative estimate of drug-likeness (QED) is 0.382. The van der Waals surface area contributed by atoms with Gasteiger partial charge in [-0.1, -0.05) is 0 Å². The van der Waals surface area contributed by atoms with E-state index in [0.717, 1.165) is 0 Å². The van der Waals surface area contributed by atoms with Crippen LogP contribution in [0.1, 0.15) is 6.92 Å². The van der Waals surface area contributed by atoms with Crippen molar-refractivity contribution in [1.82, 2.24) is 0 Å². The number of carboxylic acids is 3. The van der Waals surface area contributed by atoms with Gasteiger partial charge in [-0.3, -0.25) is 0 Å². The van der Waals surface area contributed by atoms with Gasteiger partial charge in [0, 0.05) is 0 Å². The molecule has 80 valence electrons. The fourth-order valence-corrected chi connectivity index (χ4v) is 0.136. The third-order valence-corrected chi connectivity index (χ3v) is 0.713. The van der Waals surface area contributed by atoms with E-state index in [1.807, 2.05) is 0 Å². The fraction of sp³-hybridized carbons (Fsp3) is 0.286. The minimum absolute atomic E-state index is 0. The topological polar surface area (TPSA) is 138 Å². The number of rotatable bonds is 3. The number of carboxylic acid groups (broad SMARTS) is 3. The molecule has 0 heterocycles. The van der Waals surface area contributed by atoms with Crippen molar-refractivity contribution >= 4 is 55.6 Å². The summed E-state index contributed by atoms with van der Waals surface area (Å²) in [5.74, 6) is -4.28. The first kappa shape index (κ1) is 19.9. The zero-order chi connectivity index (χ0) is 11.7. The molecule has 0 rings (SSSR count). The van der Waals surface area contributed by atoms with Crippen molar-refractivity contribution in [2.75, 3.05) is 0 Å². The molecule has 0 aliphatic heterocycles. The third kappa shape index (κ3) is 24.7. The van der Waals surface area contributed by atoms with Gasteiger partial charge in [-0.2, -0.15) is 0 Å². The summed E-state index contributed by atoms with van der Waals surface area (Å²) in [4.78, 5) is 28.3. The second kappa shape index (κ2) is 11.4. The summed E-state index contributed by atoms with van der Waals surface area (Å²) >= 11 is 0. The standard InChI is InChI=1S/C4H4O4.C3H6O3.Ca/c5-3(6)1-2-4(7)8;1-2(4)3(5)6;/h1-2H,(H,5,6)(H,7,8);2,4H,1H3,(H,5,6);/q;;+2/p-2. The molecule has 0 spiro atoms. The number of aliphatic hydroxyl groups is 1. The first-order valence-electron chi connectivity index (χ1n) is 3.28. The van der Waals surface area contributed by atoms with E-state index in [1.165, 1.54) is 6.92 Å². The van der Waals surface area contributed by atoms with Crippen LogP contribution in [0.25, 0.3) is 0 Å². The number of hydrogen-bond acceptors (Lipinski definition) is 6. The van der Waals surface area contributed by atoms with Crippen LogP contribution in [0.4, 0.5) is 0 Å². The molecule has 1 atom stereocenters. The molecule has 0 saturated carbocycles. The third-order valence-electron chi connectivity index (χ3n) is 0.713. The largest absolute Gasteiger partial charge is 2.00 e. The van der Waals surface area contributed by atoms with E-state index < -0.39 is 24.0 Å². The average molecular weight is 244 g/mol. The van der Waals surface area contributed by atoms with Crippen LogP contribution in [0.3, 0.4) is 0 Å². The van der Waals surface area contributed by atoms with Gasteiger partial charge in [-0.05, 0) is 19.1 Å². The zero-order valence-corrected chi connectivity index (χ0v) is 10.1. The summed E-state index contributed by atoms with van der Waals surface area (Å²) in [5, 5.41) is 34.6. The Hall–Kier alpha value is -0.630. The van der Waals surface area contributed by atoms with Gasteiger partial charge in [0.2, 0.25) is 0 Å². The van der Waals surface area contributed by atoms with Crippen molar-refractivity contribution in [2.24, 2.45) is 0 Å². The molecule has 0 aromatic heterocycles. The van der Waals surface area contributed by atoms with Gasteiger partial charge >= 0.3 is 43.7 Å². The second-order valence-electron chi connectivity index (χ2n) is 1.99. The number of carbonyl (C=O) groups excluding carboxylic acids is 2. The maximum Gasteiger partial charge on any atom is 2.00 e. The molecular formula is C7H8CaO7. The van der Waals surface area contributed by atoms with Crippen molar-refractivity contribution in [3.8, 4) is 0 Å². The molecule has 0 aromatic carbocycles. The Morgan fingerprint density at radius 2 is 1.33 bits per heavy atom. The van der Waals surface area contributed by atoms with Crippen molar-refractivity contribution in [2.45, 2.75) is 13.0 Å². The maximum atomic E-state index is 9.45. The second-order valence-corrected chi connectivity index (χ2v) is 1.99. The van der Waals surface area contributed by atoms with E-state index in [1.54, 1.807) is 0 Å². The molecule has 0 radical (unpaired) electrons. The molecule has 0 bridgehead atoms. The number of hydrogen-bond donors (Lipinski definition) is 2. The van der Waals surface area contributed by atoms with Crippen LogP contribution in [0.5, 0.6) is 0 Å². The summed E-state index contributed by atoms with van der Waals surface area (Å²) in [6.07, 6.45) is -0.463. The Morgan fingerprint density at radius 3 is 1.40 bits per heavy atom. The van der Waals surface area contributed by atoms with Crippen molar-refractivity contribution < 1.29 is 34.8 Å². The van der Waals surface area contributed by atoms with E-state index in [4.69, 9.17) is 10.2 Å². The maximum absolute atomic E-state index is 9.45. The van der Waals surface area contributed by atoms with Crippen LogP contribution in [0.15, 0.2) is 12.2 Å². The van der Waals surface area contributed by atoms with Crippen LogP contribution >= 0.6 is 0 Å². The fourth-order valence-electron chi connectivity index (χ4n) is 0.136.